The van der Waals surface area contributed by atoms with Crippen molar-refractivity contribution in [1.82, 2.24) is 5.32 Å². The SMILES string of the molecule is Cc1cc(C(=O)N[C@H](C)c2ccccc2)ccc1[N+](=O)[O-]. The van der Waals surface area contributed by atoms with Gasteiger partial charge in [0.05, 0.1) is 11.0 Å². The van der Waals surface area contributed by atoms with Crippen LogP contribution in [0.4, 0.5) is 5.69 Å². The molecule has 0 unspecified atom stereocenters. The molecule has 0 fully saturated rings. The number of nitro groups is 1. The summed E-state index contributed by atoms with van der Waals surface area (Å²) >= 11 is 0. The maximum Gasteiger partial charge on any atom is 0.272 e. The molecule has 2 rings (SSSR count). The van der Waals surface area contributed by atoms with Crippen molar-refractivity contribution in [1.29, 1.82) is 0 Å². The second-order valence-electron chi connectivity index (χ2n) is 4.86. The maximum atomic E-state index is 12.2. The average molecular weight is 284 g/mol. The molecule has 0 bridgehead atoms. The quantitative estimate of drug-likeness (QED) is 0.691. The van der Waals surface area contributed by atoms with E-state index >= 15 is 0 Å². The molecule has 0 aliphatic rings. The van der Waals surface area contributed by atoms with Crippen molar-refractivity contribution >= 4 is 11.6 Å². The van der Waals surface area contributed by atoms with Gasteiger partial charge in [-0.1, -0.05) is 30.3 Å². The monoisotopic (exact) mass is 284 g/mol. The van der Waals surface area contributed by atoms with Gasteiger partial charge in [-0.3, -0.25) is 14.9 Å². The zero-order valence-electron chi connectivity index (χ0n) is 11.9. The number of amides is 1. The summed E-state index contributed by atoms with van der Waals surface area (Å²) in [5.74, 6) is -0.246. The molecular weight excluding hydrogens is 268 g/mol. The number of hydrogen-bond acceptors (Lipinski definition) is 3. The van der Waals surface area contributed by atoms with Gasteiger partial charge in [-0.05, 0) is 31.5 Å². The Kier molecular flexibility index (Phi) is 4.33. The Morgan fingerprint density at radius 3 is 2.43 bits per heavy atom. The predicted octanol–water partition coefficient (Wildman–Crippen LogP) is 3.39. The molecular formula is C16H16N2O3. The normalized spacial score (nSPS) is 11.7. The predicted molar refractivity (Wildman–Crippen MR) is 80.2 cm³/mol. The number of nitro benzene ring substituents is 1. The van der Waals surface area contributed by atoms with Gasteiger partial charge in [0, 0.05) is 17.2 Å². The van der Waals surface area contributed by atoms with E-state index in [9.17, 15) is 14.9 Å². The summed E-state index contributed by atoms with van der Waals surface area (Å²) < 4.78 is 0. The van der Waals surface area contributed by atoms with Gasteiger partial charge >= 0.3 is 0 Å². The van der Waals surface area contributed by atoms with Crippen molar-refractivity contribution in [3.8, 4) is 0 Å². The highest BCUT2D eigenvalue weighted by Crippen LogP contribution is 2.19. The first-order valence-corrected chi connectivity index (χ1v) is 6.60. The van der Waals surface area contributed by atoms with Crippen LogP contribution < -0.4 is 5.32 Å². The number of rotatable bonds is 4. The van der Waals surface area contributed by atoms with Crippen molar-refractivity contribution in [3.63, 3.8) is 0 Å². The van der Waals surface area contributed by atoms with Gasteiger partial charge in [0.1, 0.15) is 0 Å². The van der Waals surface area contributed by atoms with Crippen LogP contribution in [-0.2, 0) is 0 Å². The first kappa shape index (κ1) is 14.7. The lowest BCUT2D eigenvalue weighted by Crippen LogP contribution is -2.26. The molecule has 0 aliphatic carbocycles. The summed E-state index contributed by atoms with van der Waals surface area (Å²) in [4.78, 5) is 22.5. The Balaban J connectivity index is 2.14. The maximum absolute atomic E-state index is 12.2. The van der Waals surface area contributed by atoms with Crippen LogP contribution in [0.25, 0.3) is 0 Å². The highest BCUT2D eigenvalue weighted by molar-refractivity contribution is 5.95. The number of hydrogen-bond donors (Lipinski definition) is 1. The van der Waals surface area contributed by atoms with Gasteiger partial charge in [0.25, 0.3) is 11.6 Å². The van der Waals surface area contributed by atoms with Crippen molar-refractivity contribution in [2.45, 2.75) is 19.9 Å². The third-order valence-electron chi connectivity index (χ3n) is 3.30. The van der Waals surface area contributed by atoms with Crippen molar-refractivity contribution in [2.75, 3.05) is 0 Å². The summed E-state index contributed by atoms with van der Waals surface area (Å²) in [6, 6.07) is 13.8. The Morgan fingerprint density at radius 2 is 1.86 bits per heavy atom. The van der Waals surface area contributed by atoms with E-state index in [1.807, 2.05) is 37.3 Å². The van der Waals surface area contributed by atoms with Gasteiger partial charge in [0.2, 0.25) is 0 Å². The summed E-state index contributed by atoms with van der Waals surface area (Å²) in [6.45, 7) is 3.51. The lowest BCUT2D eigenvalue weighted by molar-refractivity contribution is -0.385. The molecule has 5 heteroatoms. The number of carbonyl (C=O) groups excluding carboxylic acids is 1. The van der Waals surface area contributed by atoms with E-state index in [-0.39, 0.29) is 17.6 Å². The molecule has 1 N–H and O–H groups in total. The van der Waals surface area contributed by atoms with E-state index in [0.29, 0.717) is 11.1 Å². The van der Waals surface area contributed by atoms with Crippen molar-refractivity contribution in [3.05, 3.63) is 75.3 Å². The first-order valence-electron chi connectivity index (χ1n) is 6.60. The summed E-state index contributed by atoms with van der Waals surface area (Å²) in [5.41, 5.74) is 1.91. The number of benzene rings is 2. The number of carbonyl (C=O) groups is 1. The molecule has 0 aromatic heterocycles. The Hall–Kier alpha value is -2.69. The molecule has 1 amide bonds. The summed E-state index contributed by atoms with van der Waals surface area (Å²) in [6.07, 6.45) is 0. The van der Waals surface area contributed by atoms with Crippen LogP contribution in [0.2, 0.25) is 0 Å². The second-order valence-corrected chi connectivity index (χ2v) is 4.86. The molecule has 2 aromatic carbocycles. The molecule has 0 radical (unpaired) electrons. The zero-order valence-corrected chi connectivity index (χ0v) is 11.9. The van der Waals surface area contributed by atoms with Crippen LogP contribution in [-0.4, -0.2) is 10.8 Å². The third-order valence-corrected chi connectivity index (χ3v) is 3.30. The highest BCUT2D eigenvalue weighted by Gasteiger charge is 2.15. The highest BCUT2D eigenvalue weighted by atomic mass is 16.6. The minimum Gasteiger partial charge on any atom is -0.346 e. The van der Waals surface area contributed by atoms with Crippen LogP contribution in [0.3, 0.4) is 0 Å². The second kappa shape index (κ2) is 6.17. The first-order chi connectivity index (χ1) is 9.99. The summed E-state index contributed by atoms with van der Waals surface area (Å²) in [5, 5.41) is 13.7. The molecule has 0 saturated heterocycles. The average Bonchev–Trinajstić information content (AvgIpc) is 2.47. The van der Waals surface area contributed by atoms with E-state index in [1.54, 1.807) is 6.92 Å². The molecule has 0 saturated carbocycles. The minimum absolute atomic E-state index is 0.0163. The van der Waals surface area contributed by atoms with E-state index in [4.69, 9.17) is 0 Å². The zero-order chi connectivity index (χ0) is 15.4. The minimum atomic E-state index is -0.455. The largest absolute Gasteiger partial charge is 0.346 e. The molecule has 1 atom stereocenters. The Morgan fingerprint density at radius 1 is 1.19 bits per heavy atom. The molecule has 0 heterocycles. The van der Waals surface area contributed by atoms with E-state index < -0.39 is 4.92 Å². The lowest BCUT2D eigenvalue weighted by atomic mass is 10.1. The van der Waals surface area contributed by atoms with Crippen LogP contribution in [0.5, 0.6) is 0 Å². The molecule has 2 aromatic rings. The van der Waals surface area contributed by atoms with Crippen LogP contribution in [0.15, 0.2) is 48.5 Å². The molecule has 5 nitrogen and oxygen atoms in total. The molecule has 0 aliphatic heterocycles. The standard InChI is InChI=1S/C16H16N2O3/c1-11-10-14(8-9-15(11)18(20)21)16(19)17-12(2)13-6-4-3-5-7-13/h3-10,12H,1-2H3,(H,17,19)/t12-/m1/s1. The topological polar surface area (TPSA) is 72.2 Å². The molecule has 108 valence electrons. The Bertz CT molecular complexity index is 668. The number of aryl methyl sites for hydroxylation is 1. The Labute approximate surface area is 122 Å². The lowest BCUT2D eigenvalue weighted by Gasteiger charge is -2.14. The molecule has 21 heavy (non-hydrogen) atoms. The van der Waals surface area contributed by atoms with Crippen molar-refractivity contribution < 1.29 is 9.72 Å². The third kappa shape index (κ3) is 3.45. The fourth-order valence-corrected chi connectivity index (χ4v) is 2.11. The van der Waals surface area contributed by atoms with Crippen LogP contribution in [0.1, 0.15) is 34.5 Å². The fraction of sp³-hybridized carbons (Fsp3) is 0.188. The van der Waals surface area contributed by atoms with E-state index in [2.05, 4.69) is 5.32 Å². The van der Waals surface area contributed by atoms with Gasteiger partial charge < -0.3 is 5.32 Å². The van der Waals surface area contributed by atoms with Gasteiger partial charge in [-0.25, -0.2) is 0 Å². The van der Waals surface area contributed by atoms with E-state index in [0.717, 1.165) is 5.56 Å². The van der Waals surface area contributed by atoms with Gasteiger partial charge in [0.15, 0.2) is 0 Å². The van der Waals surface area contributed by atoms with Gasteiger partial charge in [-0.15, -0.1) is 0 Å². The molecule has 0 spiro atoms. The van der Waals surface area contributed by atoms with Gasteiger partial charge in [-0.2, -0.15) is 0 Å². The smallest absolute Gasteiger partial charge is 0.272 e. The summed E-state index contributed by atoms with van der Waals surface area (Å²) in [7, 11) is 0. The number of nitrogens with zero attached hydrogens (tertiary/aromatic N) is 1. The van der Waals surface area contributed by atoms with E-state index in [1.165, 1.54) is 18.2 Å². The fourth-order valence-electron chi connectivity index (χ4n) is 2.11. The number of nitrogens with one attached hydrogen (secondary N) is 1. The van der Waals surface area contributed by atoms with Crippen molar-refractivity contribution in [2.24, 2.45) is 0 Å². The van der Waals surface area contributed by atoms with Crippen LogP contribution in [0, 0.1) is 17.0 Å². The van der Waals surface area contributed by atoms with Crippen LogP contribution >= 0.6 is 0 Å².